The minimum Gasteiger partial charge on any atom is -0.317 e. The molecule has 2 rings (SSSR count). The summed E-state index contributed by atoms with van der Waals surface area (Å²) in [6, 6.07) is 4.83. The second kappa shape index (κ2) is 6.79. The number of rotatable bonds is 4. The van der Waals surface area contributed by atoms with Crippen molar-refractivity contribution < 1.29 is 9.31 Å². The van der Waals surface area contributed by atoms with E-state index >= 15 is 0 Å². The molecule has 2 unspecified atom stereocenters. The average molecular weight is 280 g/mol. The zero-order valence-corrected chi connectivity index (χ0v) is 11.8. The van der Waals surface area contributed by atoms with Crippen molar-refractivity contribution in [2.75, 3.05) is 7.05 Å². The molecule has 1 N–H and O–H groups in total. The number of halogens is 1. The summed E-state index contributed by atoms with van der Waals surface area (Å²) in [4.78, 5) is 10.1. The Bertz CT molecular complexity index is 479. The van der Waals surface area contributed by atoms with E-state index in [0.717, 1.165) is 19.3 Å². The van der Waals surface area contributed by atoms with Crippen LogP contribution >= 0.6 is 0 Å². The molecule has 110 valence electrons. The molecule has 1 aliphatic rings. The molecule has 0 bridgehead atoms. The fourth-order valence-corrected chi connectivity index (χ4v) is 3.16. The summed E-state index contributed by atoms with van der Waals surface area (Å²) in [5.74, 6) is -0.324. The molecule has 1 aliphatic carbocycles. The van der Waals surface area contributed by atoms with Crippen molar-refractivity contribution in [3.8, 4) is 0 Å². The monoisotopic (exact) mass is 280 g/mol. The lowest BCUT2D eigenvalue weighted by Gasteiger charge is -2.24. The highest BCUT2D eigenvalue weighted by atomic mass is 19.1. The Balaban J connectivity index is 2.19. The third-order valence-electron chi connectivity index (χ3n) is 4.27. The van der Waals surface area contributed by atoms with Crippen molar-refractivity contribution in [2.24, 2.45) is 5.92 Å². The van der Waals surface area contributed by atoms with Crippen molar-refractivity contribution in [3.63, 3.8) is 0 Å². The molecule has 4 nitrogen and oxygen atoms in total. The first kappa shape index (κ1) is 14.9. The van der Waals surface area contributed by atoms with Gasteiger partial charge in [-0.05, 0) is 37.8 Å². The predicted octanol–water partition coefficient (Wildman–Crippen LogP) is 3.44. The zero-order chi connectivity index (χ0) is 14.5. The lowest BCUT2D eigenvalue weighted by Crippen LogP contribution is -2.34. The Morgan fingerprint density at radius 2 is 2.10 bits per heavy atom. The van der Waals surface area contributed by atoms with Crippen LogP contribution in [-0.4, -0.2) is 18.0 Å². The maximum absolute atomic E-state index is 14.1. The van der Waals surface area contributed by atoms with E-state index in [1.54, 1.807) is 12.1 Å². The van der Waals surface area contributed by atoms with E-state index in [1.165, 1.54) is 18.9 Å². The van der Waals surface area contributed by atoms with E-state index in [0.29, 0.717) is 23.9 Å². The van der Waals surface area contributed by atoms with Crippen molar-refractivity contribution in [3.05, 3.63) is 39.7 Å². The molecule has 1 fully saturated rings. The molecule has 0 aliphatic heterocycles. The number of nitrogens with one attached hydrogen (secondary N) is 1. The summed E-state index contributed by atoms with van der Waals surface area (Å²) >= 11 is 0. The van der Waals surface area contributed by atoms with E-state index in [1.807, 2.05) is 7.05 Å². The minimum absolute atomic E-state index is 0.346. The van der Waals surface area contributed by atoms with Crippen molar-refractivity contribution >= 4 is 5.69 Å². The number of hydrogen-bond donors (Lipinski definition) is 1. The van der Waals surface area contributed by atoms with Crippen molar-refractivity contribution in [1.29, 1.82) is 0 Å². The Labute approximate surface area is 118 Å². The molecule has 0 aromatic heterocycles. The van der Waals surface area contributed by atoms with Gasteiger partial charge in [0.2, 0.25) is 5.82 Å². The minimum atomic E-state index is -0.670. The molecule has 5 heteroatoms. The lowest BCUT2D eigenvalue weighted by molar-refractivity contribution is -0.387. The van der Waals surface area contributed by atoms with E-state index in [2.05, 4.69) is 5.32 Å². The highest BCUT2D eigenvalue weighted by molar-refractivity contribution is 5.37. The van der Waals surface area contributed by atoms with Crippen LogP contribution in [0.25, 0.3) is 0 Å². The van der Waals surface area contributed by atoms with Crippen LogP contribution in [0.3, 0.4) is 0 Å². The molecule has 1 aromatic carbocycles. The number of benzene rings is 1. The van der Waals surface area contributed by atoms with Crippen LogP contribution < -0.4 is 5.32 Å². The molecule has 1 saturated carbocycles. The lowest BCUT2D eigenvalue weighted by atomic mass is 9.88. The molecule has 0 radical (unpaired) electrons. The first-order valence-electron chi connectivity index (χ1n) is 7.22. The van der Waals surface area contributed by atoms with Gasteiger partial charge in [-0.2, -0.15) is 4.39 Å². The van der Waals surface area contributed by atoms with Gasteiger partial charge in [0.1, 0.15) is 0 Å². The van der Waals surface area contributed by atoms with Gasteiger partial charge in [-0.3, -0.25) is 10.1 Å². The average Bonchev–Trinajstić information content (AvgIpc) is 2.65. The normalized spacial score (nSPS) is 23.3. The quantitative estimate of drug-likeness (QED) is 0.522. The molecule has 0 spiro atoms. The Morgan fingerprint density at radius 3 is 2.80 bits per heavy atom. The van der Waals surface area contributed by atoms with Crippen LogP contribution in [0.5, 0.6) is 0 Å². The van der Waals surface area contributed by atoms with Gasteiger partial charge in [-0.1, -0.05) is 31.4 Å². The summed E-state index contributed by atoms with van der Waals surface area (Å²) in [6.45, 7) is 0. The van der Waals surface area contributed by atoms with Crippen molar-refractivity contribution in [2.45, 2.75) is 44.6 Å². The van der Waals surface area contributed by atoms with Crippen LogP contribution in [0.2, 0.25) is 0 Å². The van der Waals surface area contributed by atoms with Crippen molar-refractivity contribution in [1.82, 2.24) is 5.32 Å². The van der Waals surface area contributed by atoms with Crippen LogP contribution in [0.4, 0.5) is 10.1 Å². The number of nitrogens with zero attached hydrogens (tertiary/aromatic N) is 1. The predicted molar refractivity (Wildman–Crippen MR) is 76.2 cm³/mol. The van der Waals surface area contributed by atoms with Gasteiger partial charge < -0.3 is 5.32 Å². The molecule has 20 heavy (non-hydrogen) atoms. The van der Waals surface area contributed by atoms with Gasteiger partial charge >= 0.3 is 5.69 Å². The van der Waals surface area contributed by atoms with Gasteiger partial charge in [0, 0.05) is 12.1 Å². The van der Waals surface area contributed by atoms with Gasteiger partial charge in [0.15, 0.2) is 0 Å². The van der Waals surface area contributed by atoms with Gasteiger partial charge in [-0.25, -0.2) is 0 Å². The van der Waals surface area contributed by atoms with Gasteiger partial charge in [-0.15, -0.1) is 0 Å². The summed E-state index contributed by atoms with van der Waals surface area (Å²) in [6.07, 6.45) is 6.27. The first-order chi connectivity index (χ1) is 9.63. The summed E-state index contributed by atoms with van der Waals surface area (Å²) in [7, 11) is 1.94. The second-order valence-corrected chi connectivity index (χ2v) is 5.50. The molecule has 1 aromatic rings. The first-order valence-corrected chi connectivity index (χ1v) is 7.22. The molecular formula is C15H21FN2O2. The largest absolute Gasteiger partial charge is 0.317 e. The SMILES string of the molecule is CNC1CCCCCC1Cc1cccc([N+](=O)[O-])c1F. The van der Waals surface area contributed by atoms with E-state index in [-0.39, 0.29) is 0 Å². The molecule has 0 heterocycles. The number of nitro benzene ring substituents is 1. The smallest absolute Gasteiger partial charge is 0.305 e. The fraction of sp³-hybridized carbons (Fsp3) is 0.600. The number of nitro groups is 1. The number of hydrogen-bond acceptors (Lipinski definition) is 3. The Morgan fingerprint density at radius 1 is 1.35 bits per heavy atom. The van der Waals surface area contributed by atoms with Crippen LogP contribution in [-0.2, 0) is 6.42 Å². The van der Waals surface area contributed by atoms with E-state index in [9.17, 15) is 14.5 Å². The molecule has 0 amide bonds. The molecule has 2 atom stereocenters. The highest BCUT2D eigenvalue weighted by Crippen LogP contribution is 2.29. The van der Waals surface area contributed by atoms with Gasteiger partial charge in [0.25, 0.3) is 0 Å². The van der Waals surface area contributed by atoms with E-state index < -0.39 is 16.4 Å². The van der Waals surface area contributed by atoms with E-state index in [4.69, 9.17) is 0 Å². The fourth-order valence-electron chi connectivity index (χ4n) is 3.16. The maximum atomic E-state index is 14.1. The molecular weight excluding hydrogens is 259 g/mol. The summed E-state index contributed by atoms with van der Waals surface area (Å²) in [5, 5.41) is 14.1. The van der Waals surface area contributed by atoms with Crippen LogP contribution in [0, 0.1) is 21.8 Å². The topological polar surface area (TPSA) is 55.2 Å². The van der Waals surface area contributed by atoms with Gasteiger partial charge in [0.05, 0.1) is 4.92 Å². The Hall–Kier alpha value is -1.49. The highest BCUT2D eigenvalue weighted by Gasteiger charge is 2.25. The zero-order valence-electron chi connectivity index (χ0n) is 11.8. The third kappa shape index (κ3) is 3.33. The molecule has 0 saturated heterocycles. The standard InChI is InChI=1S/C15H21FN2O2/c1-17-13-8-4-2-3-6-11(13)10-12-7-5-9-14(15(12)16)18(19)20/h5,7,9,11,13,17H,2-4,6,8,10H2,1H3. The van der Waals surface area contributed by atoms with Crippen LogP contribution in [0.1, 0.15) is 37.7 Å². The maximum Gasteiger partial charge on any atom is 0.305 e. The Kier molecular flexibility index (Phi) is 5.06. The third-order valence-corrected chi connectivity index (χ3v) is 4.27. The van der Waals surface area contributed by atoms with Crippen LogP contribution in [0.15, 0.2) is 18.2 Å². The summed E-state index contributed by atoms with van der Waals surface area (Å²) < 4.78 is 14.1. The second-order valence-electron chi connectivity index (χ2n) is 5.50. The summed E-state index contributed by atoms with van der Waals surface area (Å²) in [5.41, 5.74) is 0.0449.